The maximum Gasteiger partial charge on any atom is -0.0207 e. The quantitative estimate of drug-likeness (QED) is 0.472. The number of hydrogen-bond acceptors (Lipinski definition) is 0. The van der Waals surface area contributed by atoms with Gasteiger partial charge in [0.05, 0.1) is 0 Å². The van der Waals surface area contributed by atoms with E-state index in [9.17, 15) is 0 Å². The van der Waals surface area contributed by atoms with E-state index in [1.807, 2.05) is 0 Å². The molecule has 3 atom stereocenters. The predicted octanol–water partition coefficient (Wildman–Crippen LogP) is 6.36. The third-order valence-electron chi connectivity index (χ3n) is 5.33. The van der Waals surface area contributed by atoms with E-state index in [1.54, 1.807) is 5.92 Å². The summed E-state index contributed by atoms with van der Waals surface area (Å²) in [6.45, 7) is 21.5. The summed E-state index contributed by atoms with van der Waals surface area (Å²) < 4.78 is 0. The topological polar surface area (TPSA) is 0 Å². The van der Waals surface area contributed by atoms with Gasteiger partial charge in [0.25, 0.3) is 0 Å². The molecule has 0 aromatic carbocycles. The van der Waals surface area contributed by atoms with Gasteiger partial charge in [-0.05, 0) is 41.4 Å². The van der Waals surface area contributed by atoms with Crippen molar-refractivity contribution in [3.63, 3.8) is 0 Å². The van der Waals surface area contributed by atoms with Crippen LogP contribution in [0.25, 0.3) is 0 Å². The fourth-order valence-corrected chi connectivity index (χ4v) is 2.80. The first-order chi connectivity index (χ1) is 8.16. The van der Waals surface area contributed by atoms with Crippen LogP contribution in [0.5, 0.6) is 0 Å². The van der Waals surface area contributed by atoms with E-state index in [4.69, 9.17) is 0 Å². The Morgan fingerprint density at radius 2 is 1.50 bits per heavy atom. The largest absolute Gasteiger partial charge is 0.0651 e. The Kier molecular flexibility index (Phi) is 7.56. The minimum atomic E-state index is 0.478. The van der Waals surface area contributed by atoms with Crippen LogP contribution < -0.4 is 0 Å². The Hall–Kier alpha value is 0. The van der Waals surface area contributed by atoms with E-state index in [-0.39, 0.29) is 0 Å². The zero-order chi connectivity index (χ0) is 14.5. The Labute approximate surface area is 117 Å². The van der Waals surface area contributed by atoms with Gasteiger partial charge in [-0.3, -0.25) is 0 Å². The van der Waals surface area contributed by atoms with E-state index < -0.39 is 0 Å². The van der Waals surface area contributed by atoms with Crippen molar-refractivity contribution in [2.75, 3.05) is 0 Å². The van der Waals surface area contributed by atoms with Crippen molar-refractivity contribution in [3.05, 3.63) is 5.92 Å². The molecule has 0 spiro atoms. The molecule has 3 unspecified atom stereocenters. The summed E-state index contributed by atoms with van der Waals surface area (Å²) in [6, 6.07) is 0. The standard InChI is InChI=1S/C18H37/c1-10-14(5)15(6)16(7)17(13(3)4)12-18(8,9)11-2/h13-15,17H,10-12H2,1-9H3. The van der Waals surface area contributed by atoms with Gasteiger partial charge in [-0.25, -0.2) is 0 Å². The maximum absolute atomic E-state index is 2.43. The molecule has 0 heterocycles. The molecule has 0 amide bonds. The van der Waals surface area contributed by atoms with Crippen molar-refractivity contribution in [2.24, 2.45) is 29.1 Å². The highest BCUT2D eigenvalue weighted by molar-refractivity contribution is 5.00. The second kappa shape index (κ2) is 7.56. The highest BCUT2D eigenvalue weighted by Crippen LogP contribution is 2.41. The van der Waals surface area contributed by atoms with Gasteiger partial charge < -0.3 is 0 Å². The Bertz CT molecular complexity index is 214. The summed E-state index contributed by atoms with van der Waals surface area (Å²) in [5, 5.41) is 0. The summed E-state index contributed by atoms with van der Waals surface area (Å²) in [5.74, 6) is 4.86. The second-order valence-electron chi connectivity index (χ2n) is 7.49. The molecule has 0 nitrogen and oxygen atoms in total. The highest BCUT2D eigenvalue weighted by atomic mass is 14.4. The van der Waals surface area contributed by atoms with Crippen molar-refractivity contribution < 1.29 is 0 Å². The Balaban J connectivity index is 4.79. The molecule has 18 heavy (non-hydrogen) atoms. The molecule has 0 saturated heterocycles. The van der Waals surface area contributed by atoms with Crippen LogP contribution in [0.15, 0.2) is 0 Å². The maximum atomic E-state index is 2.43. The third-order valence-corrected chi connectivity index (χ3v) is 5.33. The van der Waals surface area contributed by atoms with Crippen molar-refractivity contribution in [2.45, 2.75) is 81.6 Å². The van der Waals surface area contributed by atoms with Crippen molar-refractivity contribution in [1.29, 1.82) is 0 Å². The van der Waals surface area contributed by atoms with E-state index in [2.05, 4.69) is 62.3 Å². The van der Waals surface area contributed by atoms with E-state index >= 15 is 0 Å². The van der Waals surface area contributed by atoms with Crippen LogP contribution in [0.3, 0.4) is 0 Å². The minimum Gasteiger partial charge on any atom is -0.0651 e. The van der Waals surface area contributed by atoms with Gasteiger partial charge >= 0.3 is 0 Å². The van der Waals surface area contributed by atoms with Crippen molar-refractivity contribution >= 4 is 0 Å². The molecule has 0 aliphatic heterocycles. The first-order valence-corrected chi connectivity index (χ1v) is 7.99. The molecule has 0 bridgehead atoms. The zero-order valence-corrected chi connectivity index (χ0v) is 14.4. The molecular formula is C18H37. The third kappa shape index (κ3) is 5.33. The molecule has 0 aromatic heterocycles. The molecule has 0 aliphatic rings. The van der Waals surface area contributed by atoms with Crippen LogP contribution in [0.4, 0.5) is 0 Å². The number of rotatable bonds is 8. The average Bonchev–Trinajstić information content (AvgIpc) is 2.32. The van der Waals surface area contributed by atoms with Gasteiger partial charge in [-0.15, -0.1) is 0 Å². The van der Waals surface area contributed by atoms with Crippen LogP contribution in [0, 0.1) is 35.0 Å². The molecule has 109 valence electrons. The van der Waals surface area contributed by atoms with Gasteiger partial charge in [-0.2, -0.15) is 0 Å². The molecule has 0 heteroatoms. The normalized spacial score (nSPS) is 18.2. The first-order valence-electron chi connectivity index (χ1n) is 7.99. The lowest BCUT2D eigenvalue weighted by Crippen LogP contribution is -2.29. The Morgan fingerprint density at radius 3 is 1.83 bits per heavy atom. The predicted molar refractivity (Wildman–Crippen MR) is 84.6 cm³/mol. The fourth-order valence-electron chi connectivity index (χ4n) is 2.80. The molecule has 0 aromatic rings. The average molecular weight is 253 g/mol. The summed E-state index contributed by atoms with van der Waals surface area (Å²) in [7, 11) is 0. The highest BCUT2D eigenvalue weighted by Gasteiger charge is 2.32. The van der Waals surface area contributed by atoms with E-state index in [0.717, 1.165) is 23.7 Å². The first kappa shape index (κ1) is 18.0. The van der Waals surface area contributed by atoms with Crippen molar-refractivity contribution in [3.8, 4) is 0 Å². The van der Waals surface area contributed by atoms with Crippen molar-refractivity contribution in [1.82, 2.24) is 0 Å². The van der Waals surface area contributed by atoms with Crippen LogP contribution in [-0.4, -0.2) is 0 Å². The molecule has 1 radical (unpaired) electrons. The van der Waals surface area contributed by atoms with Gasteiger partial charge in [0.1, 0.15) is 0 Å². The molecule has 0 aliphatic carbocycles. The number of hydrogen-bond donors (Lipinski definition) is 0. The summed E-state index contributed by atoms with van der Waals surface area (Å²) >= 11 is 0. The van der Waals surface area contributed by atoms with Crippen LogP contribution in [0.1, 0.15) is 81.6 Å². The lowest BCUT2D eigenvalue weighted by Gasteiger charge is -2.38. The molecular weight excluding hydrogens is 216 g/mol. The van der Waals surface area contributed by atoms with E-state index in [0.29, 0.717) is 5.41 Å². The van der Waals surface area contributed by atoms with Gasteiger partial charge in [0.15, 0.2) is 0 Å². The summed E-state index contributed by atoms with van der Waals surface area (Å²) in [6.07, 6.45) is 3.91. The van der Waals surface area contributed by atoms with Crippen LogP contribution >= 0.6 is 0 Å². The molecule has 0 fully saturated rings. The lowest BCUT2D eigenvalue weighted by molar-refractivity contribution is 0.196. The van der Waals surface area contributed by atoms with Crippen LogP contribution in [-0.2, 0) is 0 Å². The summed E-state index contributed by atoms with van der Waals surface area (Å²) in [4.78, 5) is 0. The monoisotopic (exact) mass is 253 g/mol. The molecule has 0 N–H and O–H groups in total. The SMILES string of the molecule is CCC(C)C(C)[C](C)C(CC(C)(C)CC)C(C)C. The van der Waals surface area contributed by atoms with E-state index in [1.165, 1.54) is 19.3 Å². The van der Waals surface area contributed by atoms with Gasteiger partial charge in [0, 0.05) is 0 Å². The smallest absolute Gasteiger partial charge is 0.0207 e. The Morgan fingerprint density at radius 1 is 1.00 bits per heavy atom. The minimum absolute atomic E-state index is 0.478. The summed E-state index contributed by atoms with van der Waals surface area (Å²) in [5.41, 5.74) is 0.478. The molecule has 0 rings (SSSR count). The zero-order valence-electron chi connectivity index (χ0n) is 14.4. The second-order valence-corrected chi connectivity index (χ2v) is 7.49. The van der Waals surface area contributed by atoms with Crippen LogP contribution in [0.2, 0.25) is 0 Å². The fraction of sp³-hybridized carbons (Fsp3) is 0.944. The van der Waals surface area contributed by atoms with Gasteiger partial charge in [-0.1, -0.05) is 75.2 Å². The lowest BCUT2D eigenvalue weighted by atomic mass is 9.67. The van der Waals surface area contributed by atoms with Gasteiger partial charge in [0.2, 0.25) is 0 Å². The molecule has 0 saturated carbocycles.